The molecule has 0 saturated heterocycles. The van der Waals surface area contributed by atoms with Crippen molar-refractivity contribution in [2.24, 2.45) is 5.41 Å². The largest absolute Gasteiger partial charge is 0.416 e. The van der Waals surface area contributed by atoms with Gasteiger partial charge in [-0.15, -0.1) is 0 Å². The number of rotatable bonds is 14. The smallest absolute Gasteiger partial charge is 0.392 e. The van der Waals surface area contributed by atoms with Gasteiger partial charge in [-0.05, 0) is 79.6 Å². The summed E-state index contributed by atoms with van der Waals surface area (Å²) in [7, 11) is 1.75. The molecule has 0 heterocycles. The maximum atomic E-state index is 13.9. The lowest BCUT2D eigenvalue weighted by Gasteiger charge is -2.27. The second-order valence-corrected chi connectivity index (χ2v) is 10.2. The van der Waals surface area contributed by atoms with Crippen molar-refractivity contribution in [1.82, 2.24) is 10.6 Å². The number of anilines is 1. The maximum Gasteiger partial charge on any atom is 0.416 e. The molecule has 1 aromatic rings. The summed E-state index contributed by atoms with van der Waals surface area (Å²) in [4.78, 5) is 11.9. The molecule has 200 valence electrons. The van der Waals surface area contributed by atoms with Crippen LogP contribution < -0.4 is 16.0 Å². The number of allylic oxidation sites excluding steroid dienone is 4. The molecule has 0 bridgehead atoms. The lowest BCUT2D eigenvalue weighted by molar-refractivity contribution is -0.137. The highest BCUT2D eigenvalue weighted by Gasteiger charge is 2.32. The Bertz CT molecular complexity index is 972. The Hall–Kier alpha value is -3.03. The zero-order valence-corrected chi connectivity index (χ0v) is 22.3. The van der Waals surface area contributed by atoms with Crippen LogP contribution in [0.25, 0.3) is 0 Å². The Morgan fingerprint density at radius 3 is 2.33 bits per heavy atom. The van der Waals surface area contributed by atoms with Gasteiger partial charge in [0.2, 0.25) is 0 Å². The number of benzene rings is 1. The highest BCUT2D eigenvalue weighted by atomic mass is 19.4. The van der Waals surface area contributed by atoms with Crippen molar-refractivity contribution in [3.8, 4) is 0 Å². The number of carbonyl (C=O) groups is 1. The molecule has 36 heavy (non-hydrogen) atoms. The van der Waals surface area contributed by atoms with E-state index in [4.69, 9.17) is 5.41 Å². The molecule has 5 nitrogen and oxygen atoms in total. The minimum atomic E-state index is -4.57. The number of hydrogen-bond donors (Lipinski definition) is 4. The van der Waals surface area contributed by atoms with Crippen molar-refractivity contribution in [3.05, 3.63) is 64.5 Å². The second-order valence-electron chi connectivity index (χ2n) is 10.2. The number of nitrogens with one attached hydrogen (secondary N) is 4. The van der Waals surface area contributed by atoms with E-state index in [0.717, 1.165) is 36.9 Å². The van der Waals surface area contributed by atoms with E-state index >= 15 is 0 Å². The summed E-state index contributed by atoms with van der Waals surface area (Å²) in [6, 6.07) is 1.99. The monoisotopic (exact) mass is 506 g/mol. The van der Waals surface area contributed by atoms with Crippen LogP contribution in [0.2, 0.25) is 0 Å². The molecule has 1 atom stereocenters. The fraction of sp³-hybridized carbons (Fsp3) is 0.500. The molecule has 0 aliphatic carbocycles. The molecule has 0 aliphatic rings. The van der Waals surface area contributed by atoms with Crippen LogP contribution in [0, 0.1) is 10.8 Å². The van der Waals surface area contributed by atoms with Gasteiger partial charge in [-0.2, -0.15) is 13.2 Å². The van der Waals surface area contributed by atoms with Gasteiger partial charge < -0.3 is 21.4 Å². The first kappa shape index (κ1) is 31.0. The first-order valence-corrected chi connectivity index (χ1v) is 12.1. The molecule has 0 aromatic heterocycles. The third kappa shape index (κ3) is 10.3. The van der Waals surface area contributed by atoms with Crippen molar-refractivity contribution in [2.75, 3.05) is 18.9 Å². The van der Waals surface area contributed by atoms with Gasteiger partial charge >= 0.3 is 6.18 Å². The van der Waals surface area contributed by atoms with Gasteiger partial charge in [-0.25, -0.2) is 0 Å². The summed E-state index contributed by atoms with van der Waals surface area (Å²) >= 11 is 0. The number of halogens is 3. The molecule has 0 radical (unpaired) electrons. The highest BCUT2D eigenvalue weighted by Crippen LogP contribution is 2.35. The van der Waals surface area contributed by atoms with E-state index in [9.17, 15) is 18.0 Å². The molecular formula is C28H41F3N4O. The number of aldehydes is 1. The normalized spacial score (nSPS) is 14.0. The van der Waals surface area contributed by atoms with Crippen LogP contribution in [0.15, 0.2) is 47.8 Å². The maximum absolute atomic E-state index is 13.9. The lowest BCUT2D eigenvalue weighted by atomic mass is 9.87. The summed E-state index contributed by atoms with van der Waals surface area (Å²) in [5, 5.41) is 17.3. The van der Waals surface area contributed by atoms with Gasteiger partial charge in [0.05, 0.1) is 5.56 Å². The van der Waals surface area contributed by atoms with Gasteiger partial charge in [0.15, 0.2) is 0 Å². The minimum absolute atomic E-state index is 0.0170. The van der Waals surface area contributed by atoms with Crippen LogP contribution in [-0.2, 0) is 17.4 Å². The van der Waals surface area contributed by atoms with Crippen molar-refractivity contribution >= 4 is 18.2 Å². The molecule has 0 aliphatic heterocycles. The summed E-state index contributed by atoms with van der Waals surface area (Å²) in [5.74, 6) is 0. The van der Waals surface area contributed by atoms with Crippen LogP contribution in [0.4, 0.5) is 18.9 Å². The van der Waals surface area contributed by atoms with Gasteiger partial charge in [0.25, 0.3) is 0 Å². The third-order valence-electron chi connectivity index (χ3n) is 5.98. The molecule has 1 aromatic carbocycles. The number of alkyl halides is 3. The van der Waals surface area contributed by atoms with E-state index in [-0.39, 0.29) is 29.1 Å². The van der Waals surface area contributed by atoms with E-state index in [1.54, 1.807) is 26.2 Å². The Morgan fingerprint density at radius 1 is 1.17 bits per heavy atom. The molecule has 8 heteroatoms. The first-order chi connectivity index (χ1) is 16.7. The van der Waals surface area contributed by atoms with Crippen molar-refractivity contribution in [1.29, 1.82) is 5.41 Å². The minimum Gasteiger partial charge on any atom is -0.392 e. The second kappa shape index (κ2) is 13.9. The van der Waals surface area contributed by atoms with Crippen LogP contribution in [-0.4, -0.2) is 32.1 Å². The van der Waals surface area contributed by atoms with Gasteiger partial charge in [-0.1, -0.05) is 27.4 Å². The van der Waals surface area contributed by atoms with Crippen molar-refractivity contribution < 1.29 is 18.0 Å². The van der Waals surface area contributed by atoms with Gasteiger partial charge in [0.1, 0.15) is 6.29 Å². The molecule has 1 unspecified atom stereocenters. The zero-order chi connectivity index (χ0) is 27.5. The fourth-order valence-electron chi connectivity index (χ4n) is 3.76. The van der Waals surface area contributed by atoms with E-state index in [1.807, 2.05) is 6.92 Å². The first-order valence-electron chi connectivity index (χ1n) is 12.1. The molecular weight excluding hydrogens is 465 g/mol. The van der Waals surface area contributed by atoms with Crippen molar-refractivity contribution in [3.63, 3.8) is 0 Å². The third-order valence-corrected chi connectivity index (χ3v) is 5.98. The zero-order valence-electron chi connectivity index (χ0n) is 22.3. The molecule has 0 fully saturated rings. The Morgan fingerprint density at radius 2 is 1.83 bits per heavy atom. The summed E-state index contributed by atoms with van der Waals surface area (Å²) in [6.45, 7) is 14.2. The predicted molar refractivity (Wildman–Crippen MR) is 144 cm³/mol. The van der Waals surface area contributed by atoms with E-state index < -0.39 is 11.7 Å². The highest BCUT2D eigenvalue weighted by molar-refractivity contribution is 5.89. The van der Waals surface area contributed by atoms with E-state index in [1.165, 1.54) is 0 Å². The molecule has 0 saturated carbocycles. The molecule has 4 N–H and O–H groups in total. The van der Waals surface area contributed by atoms with Gasteiger partial charge in [-0.3, -0.25) is 4.79 Å². The van der Waals surface area contributed by atoms with Gasteiger partial charge in [0, 0.05) is 49.2 Å². The molecule has 0 spiro atoms. The van der Waals surface area contributed by atoms with E-state index in [0.29, 0.717) is 36.0 Å². The predicted octanol–water partition coefficient (Wildman–Crippen LogP) is 6.61. The lowest BCUT2D eigenvalue weighted by Crippen LogP contribution is -2.27. The molecule has 1 rings (SSSR count). The Labute approximate surface area is 213 Å². The number of hydrogen-bond acceptors (Lipinski definition) is 5. The van der Waals surface area contributed by atoms with Crippen LogP contribution >= 0.6 is 0 Å². The Balaban J connectivity index is 3.57. The number of carbonyl (C=O) groups excluding carboxylic acids is 1. The van der Waals surface area contributed by atoms with E-state index in [2.05, 4.69) is 43.3 Å². The Kier molecular flexibility index (Phi) is 12.0. The topological polar surface area (TPSA) is 77.0 Å². The molecule has 0 amide bonds. The quantitative estimate of drug-likeness (QED) is 0.0752. The average molecular weight is 507 g/mol. The average Bonchev–Trinajstić information content (AvgIpc) is 2.79. The fourth-order valence-corrected chi connectivity index (χ4v) is 3.76. The summed E-state index contributed by atoms with van der Waals surface area (Å²) in [6.07, 6.45) is 2.79. The standard InChI is InChI=1S/C28H41F3N4O/c1-8-34-12-10-24(9-11-27(4,5)6)35-26-16-23(28(29,30)31)15-21(25(26)17-32)14-22(18-36)19(2)13-20(3)33-7/h8,13,15-18,24,32-35H,1,9-12,14H2,2-7H3/b20-13-,22-19-,32-17?. The summed E-state index contributed by atoms with van der Waals surface area (Å²) in [5.41, 5.74) is 1.96. The van der Waals surface area contributed by atoms with Crippen LogP contribution in [0.1, 0.15) is 70.6 Å². The van der Waals surface area contributed by atoms with Crippen LogP contribution in [0.3, 0.4) is 0 Å². The van der Waals surface area contributed by atoms with Crippen molar-refractivity contribution in [2.45, 2.75) is 72.5 Å². The SMILES string of the molecule is C=CNCCC(CCC(C)(C)C)Nc1cc(C(F)(F)F)cc(C/C(C=O)=C(C)/C=C(/C)NC)c1C=N. The summed E-state index contributed by atoms with van der Waals surface area (Å²) < 4.78 is 41.6. The van der Waals surface area contributed by atoms with Crippen LogP contribution in [0.5, 0.6) is 0 Å².